The Balaban J connectivity index is 1.70. The van der Waals surface area contributed by atoms with Gasteiger partial charge in [-0.15, -0.1) is 11.8 Å². The number of carbonyl (C=O) groups excluding carboxylic acids is 2. The molecule has 2 amide bonds. The molecular formula is C17H17BrN2O3S. The maximum Gasteiger partial charge on any atom is 0.276 e. The van der Waals surface area contributed by atoms with E-state index < -0.39 is 5.91 Å². The molecule has 0 spiro atoms. The van der Waals surface area contributed by atoms with Gasteiger partial charge in [0.15, 0.2) is 6.61 Å². The van der Waals surface area contributed by atoms with Crippen LogP contribution in [0.25, 0.3) is 0 Å². The second-order valence-corrected chi connectivity index (χ2v) is 7.18. The molecule has 5 nitrogen and oxygen atoms in total. The van der Waals surface area contributed by atoms with E-state index >= 15 is 0 Å². The molecule has 126 valence electrons. The number of rotatable bonds is 6. The number of hydrazine groups is 1. The number of amides is 2. The van der Waals surface area contributed by atoms with E-state index in [1.807, 2.05) is 42.5 Å². The molecular weight excluding hydrogens is 392 g/mol. The molecule has 0 saturated carbocycles. The van der Waals surface area contributed by atoms with Crippen molar-refractivity contribution in [2.75, 3.05) is 6.61 Å². The van der Waals surface area contributed by atoms with Crippen LogP contribution in [0.5, 0.6) is 5.75 Å². The molecule has 0 heterocycles. The van der Waals surface area contributed by atoms with Crippen molar-refractivity contribution < 1.29 is 14.3 Å². The van der Waals surface area contributed by atoms with Crippen molar-refractivity contribution in [3.63, 3.8) is 0 Å². The molecule has 0 bridgehead atoms. The molecule has 1 atom stereocenters. The third-order valence-corrected chi connectivity index (χ3v) is 4.57. The fourth-order valence-corrected chi connectivity index (χ4v) is 2.86. The van der Waals surface area contributed by atoms with E-state index in [2.05, 4.69) is 26.8 Å². The van der Waals surface area contributed by atoms with Gasteiger partial charge in [-0.05, 0) is 43.3 Å². The van der Waals surface area contributed by atoms with Gasteiger partial charge in [-0.3, -0.25) is 20.4 Å². The zero-order valence-electron chi connectivity index (χ0n) is 13.0. The SMILES string of the molecule is C[C@@H](Sc1ccccc1)C(=O)NNC(=O)COc1ccc(Br)cc1. The Hall–Kier alpha value is -1.99. The lowest BCUT2D eigenvalue weighted by molar-refractivity contribution is -0.129. The molecule has 0 aliphatic carbocycles. The number of benzene rings is 2. The predicted octanol–water partition coefficient (Wildman–Crippen LogP) is 3.16. The van der Waals surface area contributed by atoms with Crippen LogP contribution < -0.4 is 15.6 Å². The summed E-state index contributed by atoms with van der Waals surface area (Å²) in [6.45, 7) is 1.60. The number of carbonyl (C=O) groups is 2. The van der Waals surface area contributed by atoms with Gasteiger partial charge in [0.1, 0.15) is 5.75 Å². The quantitative estimate of drug-likeness (QED) is 0.568. The van der Waals surface area contributed by atoms with Crippen molar-refractivity contribution in [3.8, 4) is 5.75 Å². The van der Waals surface area contributed by atoms with Crippen molar-refractivity contribution in [1.29, 1.82) is 0 Å². The maximum atomic E-state index is 12.0. The third kappa shape index (κ3) is 6.25. The number of halogens is 1. The Bertz CT molecular complexity index is 680. The van der Waals surface area contributed by atoms with Gasteiger partial charge >= 0.3 is 0 Å². The van der Waals surface area contributed by atoms with Crippen molar-refractivity contribution in [2.24, 2.45) is 0 Å². The smallest absolute Gasteiger partial charge is 0.276 e. The monoisotopic (exact) mass is 408 g/mol. The topological polar surface area (TPSA) is 67.4 Å². The molecule has 0 aliphatic heterocycles. The summed E-state index contributed by atoms with van der Waals surface area (Å²) in [4.78, 5) is 24.7. The fraction of sp³-hybridized carbons (Fsp3) is 0.176. The van der Waals surface area contributed by atoms with E-state index in [1.165, 1.54) is 11.8 Å². The van der Waals surface area contributed by atoms with Crippen molar-refractivity contribution >= 4 is 39.5 Å². The minimum Gasteiger partial charge on any atom is -0.484 e. The molecule has 0 radical (unpaired) electrons. The average molecular weight is 409 g/mol. The predicted molar refractivity (Wildman–Crippen MR) is 97.7 cm³/mol. The summed E-state index contributed by atoms with van der Waals surface area (Å²) in [5.41, 5.74) is 4.75. The summed E-state index contributed by atoms with van der Waals surface area (Å²) in [7, 11) is 0. The first-order valence-corrected chi connectivity index (χ1v) is 8.90. The fourth-order valence-electron chi connectivity index (χ4n) is 1.71. The first-order chi connectivity index (χ1) is 11.5. The first kappa shape index (κ1) is 18.4. The Morgan fingerprint density at radius 1 is 1.08 bits per heavy atom. The Kier molecular flexibility index (Phi) is 7.14. The lowest BCUT2D eigenvalue weighted by Gasteiger charge is -2.13. The van der Waals surface area contributed by atoms with Crippen LogP contribution in [0, 0.1) is 0 Å². The molecule has 2 aromatic rings. The number of ether oxygens (including phenoxy) is 1. The van der Waals surface area contributed by atoms with E-state index in [-0.39, 0.29) is 17.8 Å². The summed E-state index contributed by atoms with van der Waals surface area (Å²) < 4.78 is 6.25. The third-order valence-electron chi connectivity index (χ3n) is 2.93. The number of hydrogen-bond donors (Lipinski definition) is 2. The Morgan fingerprint density at radius 2 is 1.75 bits per heavy atom. The summed E-state index contributed by atoms with van der Waals surface area (Å²) in [5, 5.41) is -0.333. The lowest BCUT2D eigenvalue weighted by atomic mass is 10.3. The molecule has 0 saturated heterocycles. The van der Waals surface area contributed by atoms with Crippen LogP contribution in [0.4, 0.5) is 0 Å². The minimum absolute atomic E-state index is 0.178. The molecule has 0 unspecified atom stereocenters. The first-order valence-electron chi connectivity index (χ1n) is 7.23. The highest BCUT2D eigenvalue weighted by atomic mass is 79.9. The van der Waals surface area contributed by atoms with Crippen LogP contribution >= 0.6 is 27.7 Å². The molecule has 0 aromatic heterocycles. The zero-order valence-corrected chi connectivity index (χ0v) is 15.4. The highest BCUT2D eigenvalue weighted by Crippen LogP contribution is 2.22. The number of hydrogen-bond acceptors (Lipinski definition) is 4. The van der Waals surface area contributed by atoms with E-state index in [4.69, 9.17) is 4.74 Å². The second kappa shape index (κ2) is 9.34. The van der Waals surface area contributed by atoms with Crippen LogP contribution in [0.15, 0.2) is 64.0 Å². The van der Waals surface area contributed by atoms with Crippen LogP contribution in [0.3, 0.4) is 0 Å². The Labute approximate surface area is 153 Å². The average Bonchev–Trinajstić information content (AvgIpc) is 2.60. The van der Waals surface area contributed by atoms with Crippen molar-refractivity contribution in [2.45, 2.75) is 17.1 Å². The number of nitrogens with one attached hydrogen (secondary N) is 2. The molecule has 24 heavy (non-hydrogen) atoms. The second-order valence-electron chi connectivity index (χ2n) is 4.85. The molecule has 0 fully saturated rings. The Morgan fingerprint density at radius 3 is 2.42 bits per heavy atom. The van der Waals surface area contributed by atoms with Crippen LogP contribution in [-0.2, 0) is 9.59 Å². The molecule has 7 heteroatoms. The maximum absolute atomic E-state index is 12.0. The van der Waals surface area contributed by atoms with Gasteiger partial charge in [0.05, 0.1) is 5.25 Å². The van der Waals surface area contributed by atoms with E-state index in [9.17, 15) is 9.59 Å². The molecule has 2 aromatic carbocycles. The van der Waals surface area contributed by atoms with Gasteiger partial charge in [-0.2, -0.15) is 0 Å². The van der Waals surface area contributed by atoms with Gasteiger partial charge < -0.3 is 4.74 Å². The van der Waals surface area contributed by atoms with Crippen molar-refractivity contribution in [1.82, 2.24) is 10.9 Å². The van der Waals surface area contributed by atoms with Crippen LogP contribution in [0.1, 0.15) is 6.92 Å². The van der Waals surface area contributed by atoms with E-state index in [0.717, 1.165) is 9.37 Å². The summed E-state index contributed by atoms with van der Waals surface area (Å²) in [6.07, 6.45) is 0. The summed E-state index contributed by atoms with van der Waals surface area (Å²) in [5.74, 6) is -0.128. The van der Waals surface area contributed by atoms with Crippen LogP contribution in [0.2, 0.25) is 0 Å². The van der Waals surface area contributed by atoms with Gasteiger partial charge in [-0.1, -0.05) is 34.1 Å². The van der Waals surface area contributed by atoms with E-state index in [0.29, 0.717) is 5.75 Å². The highest BCUT2D eigenvalue weighted by molar-refractivity contribution is 9.10. The highest BCUT2D eigenvalue weighted by Gasteiger charge is 2.15. The molecule has 2 N–H and O–H groups in total. The minimum atomic E-state index is -0.428. The number of thioether (sulfide) groups is 1. The van der Waals surface area contributed by atoms with Crippen LogP contribution in [-0.4, -0.2) is 23.7 Å². The van der Waals surface area contributed by atoms with E-state index in [1.54, 1.807) is 19.1 Å². The molecule has 2 rings (SSSR count). The summed E-state index contributed by atoms with van der Waals surface area (Å²) in [6, 6.07) is 16.7. The van der Waals surface area contributed by atoms with Gasteiger partial charge in [0.2, 0.25) is 0 Å². The largest absolute Gasteiger partial charge is 0.484 e. The van der Waals surface area contributed by atoms with Gasteiger partial charge in [0.25, 0.3) is 11.8 Å². The normalized spacial score (nSPS) is 11.4. The summed E-state index contributed by atoms with van der Waals surface area (Å²) >= 11 is 4.73. The molecule has 0 aliphatic rings. The standard InChI is InChI=1S/C17H17BrN2O3S/c1-12(24-15-5-3-2-4-6-15)17(22)20-19-16(21)11-23-14-9-7-13(18)8-10-14/h2-10,12H,11H2,1H3,(H,19,21)(H,20,22)/t12-/m1/s1. The lowest BCUT2D eigenvalue weighted by Crippen LogP contribution is -2.46. The van der Waals surface area contributed by atoms with Gasteiger partial charge in [0, 0.05) is 9.37 Å². The van der Waals surface area contributed by atoms with Gasteiger partial charge in [-0.25, -0.2) is 0 Å². The zero-order chi connectivity index (χ0) is 17.4. The van der Waals surface area contributed by atoms with Crippen molar-refractivity contribution in [3.05, 3.63) is 59.1 Å².